The molecule has 2 atom stereocenters. The first kappa shape index (κ1) is 15.1. The van der Waals surface area contributed by atoms with Crippen LogP contribution in [0.15, 0.2) is 41.8 Å². The van der Waals surface area contributed by atoms with Crippen molar-refractivity contribution in [2.45, 2.75) is 38.8 Å². The quantitative estimate of drug-likeness (QED) is 0.878. The van der Waals surface area contributed by atoms with Gasteiger partial charge in [0.2, 0.25) is 0 Å². The first-order valence-electron chi connectivity index (χ1n) is 7.16. The average molecular weight is 288 g/mol. The molecule has 1 heterocycles. The minimum Gasteiger partial charge on any atom is -0.371 e. The third kappa shape index (κ3) is 3.84. The molecular weight excluding hydrogens is 264 g/mol. The zero-order valence-electron chi connectivity index (χ0n) is 12.5. The lowest BCUT2D eigenvalue weighted by molar-refractivity contribution is 0.677. The molecule has 20 heavy (non-hydrogen) atoms. The van der Waals surface area contributed by atoms with Crippen LogP contribution in [0.2, 0.25) is 0 Å². The van der Waals surface area contributed by atoms with Crippen molar-refractivity contribution in [3.63, 3.8) is 0 Å². The fourth-order valence-electron chi connectivity index (χ4n) is 2.47. The van der Waals surface area contributed by atoms with Gasteiger partial charge in [-0.2, -0.15) is 0 Å². The molecule has 2 rings (SSSR count). The Kier molecular flexibility index (Phi) is 5.21. The molecule has 0 saturated carbocycles. The second kappa shape index (κ2) is 6.91. The molecule has 3 heteroatoms. The average Bonchev–Trinajstić information content (AvgIpc) is 2.90. The van der Waals surface area contributed by atoms with Crippen LogP contribution in [0.1, 0.15) is 24.3 Å². The summed E-state index contributed by atoms with van der Waals surface area (Å²) in [5, 5.41) is 2.14. The molecule has 108 valence electrons. The van der Waals surface area contributed by atoms with E-state index in [1.54, 1.807) is 0 Å². The molecule has 0 aliphatic heterocycles. The SMILES string of the molecule is CC(N)Cc1ccccc1N(C)C(C)Cc1cccs1. The predicted molar refractivity (Wildman–Crippen MR) is 89.7 cm³/mol. The fraction of sp³-hybridized carbons (Fsp3) is 0.412. The molecule has 1 aromatic carbocycles. The van der Waals surface area contributed by atoms with Crippen molar-refractivity contribution in [1.82, 2.24) is 0 Å². The smallest absolute Gasteiger partial charge is 0.0399 e. The van der Waals surface area contributed by atoms with Crippen LogP contribution in [-0.4, -0.2) is 19.1 Å². The summed E-state index contributed by atoms with van der Waals surface area (Å²) < 4.78 is 0. The number of anilines is 1. The Morgan fingerprint density at radius 1 is 1.10 bits per heavy atom. The number of hydrogen-bond donors (Lipinski definition) is 1. The second-order valence-corrected chi connectivity index (χ2v) is 6.59. The van der Waals surface area contributed by atoms with E-state index in [4.69, 9.17) is 5.73 Å². The van der Waals surface area contributed by atoms with Crippen LogP contribution >= 0.6 is 11.3 Å². The van der Waals surface area contributed by atoms with Crippen LogP contribution in [-0.2, 0) is 12.8 Å². The largest absolute Gasteiger partial charge is 0.371 e. The summed E-state index contributed by atoms with van der Waals surface area (Å²) in [7, 11) is 2.18. The first-order chi connectivity index (χ1) is 9.58. The van der Waals surface area contributed by atoms with E-state index >= 15 is 0 Å². The maximum absolute atomic E-state index is 5.96. The maximum atomic E-state index is 5.96. The summed E-state index contributed by atoms with van der Waals surface area (Å²) in [6, 6.07) is 13.6. The van der Waals surface area contributed by atoms with Crippen molar-refractivity contribution in [1.29, 1.82) is 0 Å². The summed E-state index contributed by atoms with van der Waals surface area (Å²) in [5.41, 5.74) is 8.60. The number of para-hydroxylation sites is 1. The van der Waals surface area contributed by atoms with Gasteiger partial charge in [-0.25, -0.2) is 0 Å². The molecule has 0 aliphatic rings. The minimum absolute atomic E-state index is 0.192. The zero-order valence-corrected chi connectivity index (χ0v) is 13.4. The Morgan fingerprint density at radius 2 is 1.85 bits per heavy atom. The van der Waals surface area contributed by atoms with Crippen molar-refractivity contribution in [3.8, 4) is 0 Å². The van der Waals surface area contributed by atoms with Gasteiger partial charge < -0.3 is 10.6 Å². The minimum atomic E-state index is 0.192. The van der Waals surface area contributed by atoms with Crippen LogP contribution in [0, 0.1) is 0 Å². The van der Waals surface area contributed by atoms with Gasteiger partial charge in [0.05, 0.1) is 0 Å². The van der Waals surface area contributed by atoms with Crippen LogP contribution in [0.5, 0.6) is 0 Å². The van der Waals surface area contributed by atoms with Crippen molar-refractivity contribution in [2.24, 2.45) is 5.73 Å². The van der Waals surface area contributed by atoms with Gasteiger partial charge in [-0.15, -0.1) is 11.3 Å². The van der Waals surface area contributed by atoms with E-state index in [-0.39, 0.29) is 6.04 Å². The molecule has 0 radical (unpaired) electrons. The molecule has 0 fully saturated rings. The maximum Gasteiger partial charge on any atom is 0.0399 e. The summed E-state index contributed by atoms with van der Waals surface area (Å²) >= 11 is 1.83. The fourth-order valence-corrected chi connectivity index (χ4v) is 3.30. The van der Waals surface area contributed by atoms with E-state index in [2.05, 4.69) is 67.6 Å². The number of nitrogens with zero attached hydrogens (tertiary/aromatic N) is 1. The van der Waals surface area contributed by atoms with Crippen molar-refractivity contribution >= 4 is 17.0 Å². The van der Waals surface area contributed by atoms with E-state index < -0.39 is 0 Å². The number of rotatable bonds is 6. The van der Waals surface area contributed by atoms with Gasteiger partial charge in [0.15, 0.2) is 0 Å². The third-order valence-electron chi connectivity index (χ3n) is 3.65. The lowest BCUT2D eigenvalue weighted by atomic mass is 10.0. The topological polar surface area (TPSA) is 29.3 Å². The van der Waals surface area contributed by atoms with Crippen molar-refractivity contribution < 1.29 is 0 Å². The molecule has 2 nitrogen and oxygen atoms in total. The molecule has 2 N–H and O–H groups in total. The lowest BCUT2D eigenvalue weighted by Gasteiger charge is -2.29. The highest BCUT2D eigenvalue weighted by Crippen LogP contribution is 2.24. The van der Waals surface area contributed by atoms with Gasteiger partial charge in [0, 0.05) is 36.1 Å². The third-order valence-corrected chi connectivity index (χ3v) is 4.55. The van der Waals surface area contributed by atoms with E-state index in [9.17, 15) is 0 Å². The van der Waals surface area contributed by atoms with Crippen LogP contribution in [0.3, 0.4) is 0 Å². The molecule has 0 spiro atoms. The van der Waals surface area contributed by atoms with Gasteiger partial charge in [-0.3, -0.25) is 0 Å². The van der Waals surface area contributed by atoms with E-state index in [0.29, 0.717) is 6.04 Å². The van der Waals surface area contributed by atoms with Gasteiger partial charge in [0.25, 0.3) is 0 Å². The summed E-state index contributed by atoms with van der Waals surface area (Å²) in [6.45, 7) is 4.34. The second-order valence-electron chi connectivity index (χ2n) is 5.55. The van der Waals surface area contributed by atoms with Crippen molar-refractivity contribution in [3.05, 3.63) is 52.2 Å². The number of thiophene rings is 1. The Morgan fingerprint density at radius 3 is 2.50 bits per heavy atom. The molecular formula is C17H24N2S. The molecule has 0 aliphatic carbocycles. The van der Waals surface area contributed by atoms with Crippen LogP contribution < -0.4 is 10.6 Å². The highest BCUT2D eigenvalue weighted by molar-refractivity contribution is 7.09. The summed E-state index contributed by atoms with van der Waals surface area (Å²) in [6.07, 6.45) is 2.01. The highest BCUT2D eigenvalue weighted by atomic mass is 32.1. The molecule has 0 amide bonds. The zero-order chi connectivity index (χ0) is 14.5. The lowest BCUT2D eigenvalue weighted by Crippen LogP contribution is -2.32. The predicted octanol–water partition coefficient (Wildman–Crippen LogP) is 3.71. The molecule has 2 unspecified atom stereocenters. The summed E-state index contributed by atoms with van der Waals surface area (Å²) in [5.74, 6) is 0. The van der Waals surface area contributed by atoms with Gasteiger partial charge in [-0.1, -0.05) is 24.3 Å². The van der Waals surface area contributed by atoms with Crippen LogP contribution in [0.25, 0.3) is 0 Å². The van der Waals surface area contributed by atoms with Gasteiger partial charge >= 0.3 is 0 Å². The van der Waals surface area contributed by atoms with Crippen LogP contribution in [0.4, 0.5) is 5.69 Å². The van der Waals surface area contributed by atoms with E-state index in [1.165, 1.54) is 16.1 Å². The number of nitrogens with two attached hydrogens (primary N) is 1. The van der Waals surface area contributed by atoms with Gasteiger partial charge in [0.1, 0.15) is 0 Å². The molecule has 2 aromatic rings. The number of benzene rings is 1. The van der Waals surface area contributed by atoms with Gasteiger partial charge in [-0.05, 0) is 43.3 Å². The number of hydrogen-bond acceptors (Lipinski definition) is 3. The number of likely N-dealkylation sites (N-methyl/N-ethyl adjacent to an activating group) is 1. The molecule has 1 aromatic heterocycles. The Labute approximate surface area is 126 Å². The molecule has 0 bridgehead atoms. The Bertz CT molecular complexity index is 520. The van der Waals surface area contributed by atoms with Crippen molar-refractivity contribution in [2.75, 3.05) is 11.9 Å². The van der Waals surface area contributed by atoms with E-state index in [0.717, 1.165) is 12.8 Å². The Hall–Kier alpha value is -1.32. The molecule has 0 saturated heterocycles. The Balaban J connectivity index is 2.13. The first-order valence-corrected chi connectivity index (χ1v) is 8.04. The highest BCUT2D eigenvalue weighted by Gasteiger charge is 2.14. The standard InChI is InChI=1S/C17H24N2S/c1-13(18)11-15-7-4-5-9-17(15)19(3)14(2)12-16-8-6-10-20-16/h4-10,13-14H,11-12,18H2,1-3H3. The normalized spacial score (nSPS) is 14.0. The monoisotopic (exact) mass is 288 g/mol. The van der Waals surface area contributed by atoms with E-state index in [1.807, 2.05) is 11.3 Å². The summed E-state index contributed by atoms with van der Waals surface area (Å²) in [4.78, 5) is 3.81.